The molecule has 3 nitrogen and oxygen atoms in total. The van der Waals surface area contributed by atoms with E-state index in [0.717, 1.165) is 25.4 Å². The van der Waals surface area contributed by atoms with Gasteiger partial charge in [-0.05, 0) is 38.3 Å². The van der Waals surface area contributed by atoms with E-state index < -0.39 is 0 Å². The molecule has 0 heterocycles. The summed E-state index contributed by atoms with van der Waals surface area (Å²) in [6.07, 6.45) is 5.14. The molecule has 1 aliphatic carbocycles. The van der Waals surface area contributed by atoms with Crippen molar-refractivity contribution in [1.29, 1.82) is 0 Å². The molecule has 84 valence electrons. The summed E-state index contributed by atoms with van der Waals surface area (Å²) in [4.78, 5) is 2.46. The number of rotatable bonds is 7. The third-order valence-electron chi connectivity index (χ3n) is 3.24. The van der Waals surface area contributed by atoms with Gasteiger partial charge in [-0.1, -0.05) is 13.3 Å². The molecule has 0 spiro atoms. The molecular weight excluding hydrogens is 176 g/mol. The van der Waals surface area contributed by atoms with E-state index in [2.05, 4.69) is 11.8 Å². The average molecular weight is 200 g/mol. The molecule has 0 amide bonds. The first kappa shape index (κ1) is 12.0. The molecule has 0 aromatic rings. The molecule has 0 bridgehead atoms. The second kappa shape index (κ2) is 6.38. The molecule has 1 saturated carbocycles. The van der Waals surface area contributed by atoms with Crippen LogP contribution in [0.3, 0.4) is 0 Å². The van der Waals surface area contributed by atoms with Crippen LogP contribution in [0, 0.1) is 5.92 Å². The highest BCUT2D eigenvalue weighted by Crippen LogP contribution is 2.26. The van der Waals surface area contributed by atoms with E-state index in [1.807, 2.05) is 0 Å². The number of nitrogens with two attached hydrogens (primary N) is 1. The lowest BCUT2D eigenvalue weighted by Gasteiger charge is -2.32. The van der Waals surface area contributed by atoms with Crippen LogP contribution in [0.25, 0.3) is 0 Å². The summed E-state index contributed by atoms with van der Waals surface area (Å²) in [5.41, 5.74) is 5.68. The average Bonchev–Trinajstić information content (AvgIpc) is 2.15. The van der Waals surface area contributed by atoms with Gasteiger partial charge >= 0.3 is 0 Å². The van der Waals surface area contributed by atoms with Gasteiger partial charge in [0.15, 0.2) is 0 Å². The molecule has 1 fully saturated rings. The number of aliphatic hydroxyl groups excluding tert-OH is 1. The number of hydrogen-bond donors (Lipinski definition) is 2. The third-order valence-corrected chi connectivity index (χ3v) is 3.24. The third kappa shape index (κ3) is 3.95. The number of aliphatic hydroxyl groups is 1. The Morgan fingerprint density at radius 1 is 1.50 bits per heavy atom. The van der Waals surface area contributed by atoms with Crippen molar-refractivity contribution >= 4 is 0 Å². The van der Waals surface area contributed by atoms with Crippen molar-refractivity contribution in [2.75, 3.05) is 26.2 Å². The Bertz CT molecular complexity index is 148. The summed E-state index contributed by atoms with van der Waals surface area (Å²) >= 11 is 0. The van der Waals surface area contributed by atoms with Crippen LogP contribution in [0.5, 0.6) is 0 Å². The van der Waals surface area contributed by atoms with Crippen LogP contribution in [0.15, 0.2) is 0 Å². The second-order valence-electron chi connectivity index (χ2n) is 4.42. The topological polar surface area (TPSA) is 49.5 Å². The molecule has 1 aliphatic rings. The van der Waals surface area contributed by atoms with E-state index in [4.69, 9.17) is 10.8 Å². The summed E-state index contributed by atoms with van der Waals surface area (Å²) in [5, 5.41) is 8.82. The summed E-state index contributed by atoms with van der Waals surface area (Å²) in [5.74, 6) is 0.931. The molecule has 1 unspecified atom stereocenters. The first-order chi connectivity index (χ1) is 6.76. The van der Waals surface area contributed by atoms with Gasteiger partial charge in [-0.2, -0.15) is 0 Å². The Morgan fingerprint density at radius 2 is 2.21 bits per heavy atom. The van der Waals surface area contributed by atoms with Gasteiger partial charge in [0, 0.05) is 12.6 Å². The highest BCUT2D eigenvalue weighted by atomic mass is 16.3. The molecule has 0 aromatic carbocycles. The largest absolute Gasteiger partial charge is 0.395 e. The minimum absolute atomic E-state index is 0.0366. The Hall–Kier alpha value is -0.120. The molecule has 3 heteroatoms. The fourth-order valence-electron chi connectivity index (χ4n) is 1.86. The van der Waals surface area contributed by atoms with Crippen molar-refractivity contribution in [3.05, 3.63) is 0 Å². The summed E-state index contributed by atoms with van der Waals surface area (Å²) in [6, 6.07) is -0.0366. The van der Waals surface area contributed by atoms with Crippen LogP contribution in [0.2, 0.25) is 0 Å². The van der Waals surface area contributed by atoms with Crippen molar-refractivity contribution in [1.82, 2.24) is 4.90 Å². The lowest BCUT2D eigenvalue weighted by molar-refractivity contribution is 0.172. The summed E-state index contributed by atoms with van der Waals surface area (Å²) in [6.45, 7) is 5.68. The number of hydrogen-bond acceptors (Lipinski definition) is 3. The van der Waals surface area contributed by atoms with E-state index in [0.29, 0.717) is 0 Å². The van der Waals surface area contributed by atoms with Crippen LogP contribution < -0.4 is 5.73 Å². The van der Waals surface area contributed by atoms with Crippen molar-refractivity contribution in [3.8, 4) is 0 Å². The van der Waals surface area contributed by atoms with Gasteiger partial charge < -0.3 is 15.7 Å². The molecular formula is C11H24N2O. The van der Waals surface area contributed by atoms with E-state index in [1.54, 1.807) is 0 Å². The lowest BCUT2D eigenvalue weighted by Crippen LogP contribution is -2.36. The minimum atomic E-state index is -0.0366. The molecule has 1 atom stereocenters. The first-order valence-corrected chi connectivity index (χ1v) is 5.85. The van der Waals surface area contributed by atoms with Crippen molar-refractivity contribution < 1.29 is 5.11 Å². The van der Waals surface area contributed by atoms with Gasteiger partial charge in [0.25, 0.3) is 0 Å². The number of nitrogens with zero attached hydrogens (tertiary/aromatic N) is 1. The van der Waals surface area contributed by atoms with Crippen molar-refractivity contribution in [2.24, 2.45) is 11.7 Å². The van der Waals surface area contributed by atoms with Crippen LogP contribution in [-0.4, -0.2) is 42.3 Å². The van der Waals surface area contributed by atoms with Gasteiger partial charge in [0.1, 0.15) is 0 Å². The maximum absolute atomic E-state index is 8.82. The zero-order valence-electron chi connectivity index (χ0n) is 9.28. The molecule has 0 aliphatic heterocycles. The van der Waals surface area contributed by atoms with Gasteiger partial charge in [-0.15, -0.1) is 0 Å². The molecule has 0 saturated heterocycles. The molecule has 1 rings (SSSR count). The predicted octanol–water partition coefficient (Wildman–Crippen LogP) is 0.818. The monoisotopic (exact) mass is 200 g/mol. The van der Waals surface area contributed by atoms with Gasteiger partial charge in [0.05, 0.1) is 6.61 Å². The molecule has 0 aromatic heterocycles. The zero-order chi connectivity index (χ0) is 10.4. The lowest BCUT2D eigenvalue weighted by atomic mass is 9.85. The van der Waals surface area contributed by atoms with Gasteiger partial charge in [-0.25, -0.2) is 0 Å². The van der Waals surface area contributed by atoms with E-state index >= 15 is 0 Å². The highest BCUT2D eigenvalue weighted by Gasteiger charge is 2.19. The SMILES string of the molecule is CCN(CCC(N)CO)CC1CCC1. The maximum atomic E-state index is 8.82. The highest BCUT2D eigenvalue weighted by molar-refractivity contribution is 4.74. The Morgan fingerprint density at radius 3 is 2.64 bits per heavy atom. The summed E-state index contributed by atoms with van der Waals surface area (Å²) in [7, 11) is 0. The van der Waals surface area contributed by atoms with Crippen molar-refractivity contribution in [3.63, 3.8) is 0 Å². The van der Waals surface area contributed by atoms with Crippen LogP contribution in [-0.2, 0) is 0 Å². The van der Waals surface area contributed by atoms with E-state index in [9.17, 15) is 0 Å². The smallest absolute Gasteiger partial charge is 0.0583 e. The zero-order valence-corrected chi connectivity index (χ0v) is 9.28. The fraction of sp³-hybridized carbons (Fsp3) is 1.00. The first-order valence-electron chi connectivity index (χ1n) is 5.85. The normalized spacial score (nSPS) is 19.7. The van der Waals surface area contributed by atoms with Gasteiger partial charge in [0.2, 0.25) is 0 Å². The van der Waals surface area contributed by atoms with Crippen LogP contribution in [0.4, 0.5) is 0 Å². The molecule has 0 radical (unpaired) electrons. The minimum Gasteiger partial charge on any atom is -0.395 e. The van der Waals surface area contributed by atoms with Crippen molar-refractivity contribution in [2.45, 2.75) is 38.6 Å². The van der Waals surface area contributed by atoms with E-state index in [-0.39, 0.29) is 12.6 Å². The Kier molecular flexibility index (Phi) is 5.45. The standard InChI is InChI=1S/C11H24N2O/c1-2-13(7-6-11(12)9-14)8-10-4-3-5-10/h10-11,14H,2-9,12H2,1H3. The maximum Gasteiger partial charge on any atom is 0.0583 e. The van der Waals surface area contributed by atoms with E-state index in [1.165, 1.54) is 25.8 Å². The summed E-state index contributed by atoms with van der Waals surface area (Å²) < 4.78 is 0. The second-order valence-corrected chi connectivity index (χ2v) is 4.42. The predicted molar refractivity (Wildman–Crippen MR) is 59.1 cm³/mol. The molecule has 3 N–H and O–H groups in total. The van der Waals surface area contributed by atoms with Crippen LogP contribution in [0.1, 0.15) is 32.6 Å². The van der Waals surface area contributed by atoms with Crippen LogP contribution >= 0.6 is 0 Å². The Balaban J connectivity index is 2.10. The van der Waals surface area contributed by atoms with Gasteiger partial charge in [-0.3, -0.25) is 0 Å². The fourth-order valence-corrected chi connectivity index (χ4v) is 1.86. The quantitative estimate of drug-likeness (QED) is 0.639. The molecule has 14 heavy (non-hydrogen) atoms. The Labute approximate surface area is 87.3 Å².